The van der Waals surface area contributed by atoms with E-state index in [-0.39, 0.29) is 40.1 Å². The third-order valence-electron chi connectivity index (χ3n) is 6.58. The van der Waals surface area contributed by atoms with Gasteiger partial charge in [0.1, 0.15) is 11.2 Å². The summed E-state index contributed by atoms with van der Waals surface area (Å²) >= 11 is 0. The normalized spacial score (nSPS) is 13.1. The van der Waals surface area contributed by atoms with Crippen LogP contribution in [0.15, 0.2) is 101 Å². The number of carbonyl (C=O) groups excluding carboxylic acids is 2. The number of ketones is 1. The molecule has 0 saturated heterocycles. The Hall–Kier alpha value is -4.96. The molecule has 3 heterocycles. The summed E-state index contributed by atoms with van der Waals surface area (Å²) in [4.78, 5) is 42.6. The van der Waals surface area contributed by atoms with Crippen molar-refractivity contribution in [2.45, 2.75) is 23.5 Å². The van der Waals surface area contributed by atoms with Crippen LogP contribution in [-0.2, 0) is 15.6 Å². The molecule has 0 bridgehead atoms. The Morgan fingerprint density at radius 2 is 1.73 bits per heavy atom. The van der Waals surface area contributed by atoms with Crippen molar-refractivity contribution >= 4 is 55.0 Å². The molecule has 5 aromatic rings. The zero-order valence-electron chi connectivity index (χ0n) is 21.2. The summed E-state index contributed by atoms with van der Waals surface area (Å²) in [6.07, 6.45) is 5.80. The Morgan fingerprint density at radius 3 is 2.50 bits per heavy atom. The first-order valence-corrected chi connectivity index (χ1v) is 14.2. The van der Waals surface area contributed by atoms with Crippen molar-refractivity contribution in [3.8, 4) is 0 Å². The highest BCUT2D eigenvalue weighted by molar-refractivity contribution is 7.90. The fraction of sp³-hybridized carbons (Fsp3) is 0.100. The fourth-order valence-electron chi connectivity index (χ4n) is 4.64. The van der Waals surface area contributed by atoms with Gasteiger partial charge in [0, 0.05) is 41.9 Å². The minimum atomic E-state index is -3.67. The number of aromatic nitrogens is 3. The van der Waals surface area contributed by atoms with Crippen molar-refractivity contribution in [1.82, 2.24) is 15.0 Å². The van der Waals surface area contributed by atoms with Crippen molar-refractivity contribution in [1.29, 1.82) is 0 Å². The van der Waals surface area contributed by atoms with Crippen molar-refractivity contribution in [2.75, 3.05) is 5.32 Å². The van der Waals surface area contributed by atoms with Crippen LogP contribution in [0.1, 0.15) is 39.3 Å². The van der Waals surface area contributed by atoms with Gasteiger partial charge in [-0.25, -0.2) is 13.4 Å². The van der Waals surface area contributed by atoms with Crippen LogP contribution >= 0.6 is 0 Å². The van der Waals surface area contributed by atoms with Crippen LogP contribution < -0.4 is 5.32 Å². The molecule has 0 saturated carbocycles. The second-order valence-corrected chi connectivity index (χ2v) is 11.4. The largest absolute Gasteiger partial charge is 0.324 e. The number of hydrogen-bond donors (Lipinski definition) is 2. The molecule has 1 aliphatic heterocycles. The molecule has 3 aromatic carbocycles. The van der Waals surface area contributed by atoms with Gasteiger partial charge in [-0.2, -0.15) is 0 Å². The first-order chi connectivity index (χ1) is 19.4. The van der Waals surface area contributed by atoms with Gasteiger partial charge in [-0.1, -0.05) is 48.5 Å². The Labute approximate surface area is 229 Å². The molecule has 10 heteroatoms. The molecule has 1 aliphatic rings. The lowest BCUT2D eigenvalue weighted by Crippen LogP contribution is -2.14. The van der Waals surface area contributed by atoms with Gasteiger partial charge in [-0.05, 0) is 41.3 Å². The van der Waals surface area contributed by atoms with Gasteiger partial charge in [0.05, 0.1) is 16.2 Å². The number of hydrogen-bond acceptors (Lipinski definition) is 7. The van der Waals surface area contributed by atoms with Gasteiger partial charge in [0.25, 0.3) is 5.91 Å². The SMILES string of the molecule is O=C(Nc1nc2c(C(=O)CC3=NC=CC3)cc(CS(=O)(=O)c3ccccc3)cc2[nH]1)c1cc2ccccc2cn1. The molecular weight excluding hydrogens is 526 g/mol. The summed E-state index contributed by atoms with van der Waals surface area (Å²) in [6, 6.07) is 20.6. The number of carbonyl (C=O) groups is 2. The lowest BCUT2D eigenvalue weighted by molar-refractivity contribution is 0.0998. The summed E-state index contributed by atoms with van der Waals surface area (Å²) in [5.74, 6) is -0.910. The molecule has 0 aliphatic carbocycles. The number of fused-ring (bicyclic) bond motifs is 2. The first-order valence-electron chi connectivity index (χ1n) is 12.6. The van der Waals surface area contributed by atoms with E-state index in [0.29, 0.717) is 28.7 Å². The lowest BCUT2D eigenvalue weighted by Gasteiger charge is -2.08. The van der Waals surface area contributed by atoms with E-state index in [0.717, 1.165) is 10.8 Å². The number of Topliss-reactive ketones (excluding diaryl/α,β-unsaturated/α-hetero) is 1. The van der Waals surface area contributed by atoms with E-state index in [1.165, 1.54) is 12.1 Å². The summed E-state index contributed by atoms with van der Waals surface area (Å²) in [5.41, 5.74) is 2.36. The molecule has 0 unspecified atom stereocenters. The number of nitrogens with one attached hydrogen (secondary N) is 2. The van der Waals surface area contributed by atoms with Gasteiger partial charge in [0.2, 0.25) is 5.95 Å². The number of aromatic amines is 1. The maximum absolute atomic E-state index is 13.4. The van der Waals surface area contributed by atoms with E-state index in [9.17, 15) is 18.0 Å². The van der Waals surface area contributed by atoms with Crippen LogP contribution in [0.2, 0.25) is 0 Å². The molecule has 0 spiro atoms. The van der Waals surface area contributed by atoms with Crippen LogP contribution in [0.25, 0.3) is 21.8 Å². The Kier molecular flexibility index (Phi) is 6.53. The fourth-order valence-corrected chi connectivity index (χ4v) is 5.98. The predicted molar refractivity (Wildman–Crippen MR) is 153 cm³/mol. The van der Waals surface area contributed by atoms with Gasteiger partial charge >= 0.3 is 0 Å². The van der Waals surface area contributed by atoms with Crippen molar-refractivity contribution in [3.63, 3.8) is 0 Å². The number of allylic oxidation sites excluding steroid dienone is 1. The second-order valence-electron chi connectivity index (χ2n) is 9.45. The van der Waals surface area contributed by atoms with Crippen molar-refractivity contribution < 1.29 is 18.0 Å². The van der Waals surface area contributed by atoms with Crippen LogP contribution in [0.5, 0.6) is 0 Å². The number of nitrogens with zero attached hydrogens (tertiary/aromatic N) is 3. The average Bonchev–Trinajstić information content (AvgIpc) is 3.62. The number of anilines is 1. The molecule has 2 N–H and O–H groups in total. The Morgan fingerprint density at radius 1 is 0.950 bits per heavy atom. The lowest BCUT2D eigenvalue weighted by atomic mass is 10.0. The quantitative estimate of drug-likeness (QED) is 0.253. The maximum atomic E-state index is 13.4. The zero-order valence-corrected chi connectivity index (χ0v) is 22.0. The summed E-state index contributed by atoms with van der Waals surface area (Å²) < 4.78 is 26.2. The van der Waals surface area contributed by atoms with Gasteiger partial charge in [0.15, 0.2) is 15.6 Å². The molecular formula is C30H23N5O4S. The van der Waals surface area contributed by atoms with Crippen LogP contribution in [-0.4, -0.2) is 40.8 Å². The monoisotopic (exact) mass is 549 g/mol. The number of imidazole rings is 1. The van der Waals surface area contributed by atoms with E-state index >= 15 is 0 Å². The predicted octanol–water partition coefficient (Wildman–Crippen LogP) is 5.27. The van der Waals surface area contributed by atoms with Gasteiger partial charge in [-0.15, -0.1) is 0 Å². The summed E-state index contributed by atoms with van der Waals surface area (Å²) in [5, 5.41) is 4.49. The number of aliphatic imine (C=N–C) groups is 1. The number of amides is 1. The van der Waals surface area contributed by atoms with Gasteiger partial charge < -0.3 is 4.98 Å². The maximum Gasteiger partial charge on any atom is 0.276 e. The van der Waals surface area contributed by atoms with Crippen LogP contribution in [0, 0.1) is 0 Å². The minimum absolute atomic E-state index is 0.0759. The number of pyridine rings is 1. The highest BCUT2D eigenvalue weighted by Crippen LogP contribution is 2.26. The van der Waals surface area contributed by atoms with E-state index < -0.39 is 15.7 Å². The molecule has 0 fully saturated rings. The Balaban J connectivity index is 1.35. The highest BCUT2D eigenvalue weighted by atomic mass is 32.2. The Bertz CT molecular complexity index is 1960. The molecule has 6 rings (SSSR count). The third-order valence-corrected chi connectivity index (χ3v) is 8.29. The van der Waals surface area contributed by atoms with E-state index in [1.54, 1.807) is 48.8 Å². The smallest absolute Gasteiger partial charge is 0.276 e. The topological polar surface area (TPSA) is 134 Å². The minimum Gasteiger partial charge on any atom is -0.324 e. The number of rotatable bonds is 8. The molecule has 198 valence electrons. The molecule has 40 heavy (non-hydrogen) atoms. The number of H-pyrrole nitrogens is 1. The van der Waals surface area contributed by atoms with Crippen molar-refractivity contribution in [3.05, 3.63) is 108 Å². The third kappa shape index (κ3) is 5.16. The van der Waals surface area contributed by atoms with E-state index in [4.69, 9.17) is 0 Å². The number of sulfone groups is 1. The first kappa shape index (κ1) is 25.3. The number of benzene rings is 3. The second kappa shape index (κ2) is 10.3. The van der Waals surface area contributed by atoms with Crippen LogP contribution in [0.4, 0.5) is 5.95 Å². The summed E-state index contributed by atoms with van der Waals surface area (Å²) in [6.45, 7) is 0. The highest BCUT2D eigenvalue weighted by Gasteiger charge is 2.22. The standard InChI is InChI=1S/C30H23N5O4S/c36-27(16-22-9-6-12-31-22)24-13-19(18-40(38,39)23-10-2-1-3-11-23)14-25-28(24)34-30(33-25)35-29(37)26-15-20-7-4-5-8-21(20)17-32-26/h1-8,10-15,17H,9,16,18H2,(H2,33,34,35,37). The zero-order chi connectivity index (χ0) is 27.7. The molecule has 2 aromatic heterocycles. The van der Waals surface area contributed by atoms with Crippen molar-refractivity contribution in [2.24, 2.45) is 4.99 Å². The van der Waals surface area contributed by atoms with E-state index in [1.807, 2.05) is 30.3 Å². The molecule has 1 amide bonds. The average molecular weight is 550 g/mol. The van der Waals surface area contributed by atoms with Crippen LogP contribution in [0.3, 0.4) is 0 Å². The molecule has 0 atom stereocenters. The summed E-state index contributed by atoms with van der Waals surface area (Å²) in [7, 11) is -3.67. The van der Waals surface area contributed by atoms with E-state index in [2.05, 4.69) is 25.3 Å². The molecule has 9 nitrogen and oxygen atoms in total. The molecule has 0 radical (unpaired) electrons. The van der Waals surface area contributed by atoms with Gasteiger partial charge in [-0.3, -0.25) is 24.9 Å².